The highest BCUT2D eigenvalue weighted by Gasteiger charge is 2.67. The van der Waals surface area contributed by atoms with Gasteiger partial charge in [-0.25, -0.2) is 29.9 Å². The molecule has 94 heavy (non-hydrogen) atoms. The van der Waals surface area contributed by atoms with Gasteiger partial charge in [-0.15, -0.1) is 0 Å². The third kappa shape index (κ3) is 22.4. The number of benzene rings is 4. The highest BCUT2D eigenvalue weighted by atomic mass is 32.5. The van der Waals surface area contributed by atoms with E-state index in [0.717, 1.165) is 68.3 Å². The summed E-state index contributed by atoms with van der Waals surface area (Å²) in [6, 6.07) is 23.6. The maximum Gasteiger partial charge on any atom is 0.379 e. The second-order valence-corrected chi connectivity index (χ2v) is 32.7. The Labute approximate surface area is 548 Å². The number of aromatic nitrogens is 11. The molecular formula is C67H85F10N11O3S2Si. The number of ether oxygens (including phenoxy) is 2. The molecule has 27 heteroatoms. The van der Waals surface area contributed by atoms with E-state index in [1.807, 2.05) is 92.5 Å². The van der Waals surface area contributed by atoms with Gasteiger partial charge >= 0.3 is 21.8 Å². The first kappa shape index (κ1) is 76.4. The quantitative estimate of drug-likeness (QED) is 0.0772. The molecule has 0 spiro atoms. The minimum Gasteiger partial charge on any atom is -0.495 e. The van der Waals surface area contributed by atoms with Crippen LogP contribution in [0.15, 0.2) is 153 Å². The van der Waals surface area contributed by atoms with Crippen molar-refractivity contribution in [1.29, 1.82) is 0 Å². The van der Waals surface area contributed by atoms with Crippen LogP contribution in [0.25, 0.3) is 28.6 Å². The first-order valence-corrected chi connectivity index (χ1v) is 36.5. The van der Waals surface area contributed by atoms with Gasteiger partial charge in [-0.05, 0) is 141 Å². The standard InChI is InChI=1S/C14H18N2O.C14H20N2Si.C13H15F5N2S.C13H15FN2O.C13H17N3O.F4S/c1-10(2)12-5-6-13(14(7-12)17-4)16-8-11(3)15-9-16;1-11-6-7-13(14(8-11)17(3,4)5)16-9-12(2)15-10-16;1-9(2)11-4-5-12(20-7-10(3)19-8-20)13(6-11)21(14,15,16,17)18;1-9(2)11-4-5-12(13(6-11)17-14)16-7-10(3)15-8-16;1-9(2)11-5-12(17-4)13(14-6-11)16-7-10(3)15-8-16;1-5(2,3)4/h5-10H,1-4H3;6-10H,1-5H3;4-9H,1-3H3;4-9H,1-3H3;5-9H,1-4H3;. The van der Waals surface area contributed by atoms with Crippen molar-refractivity contribution in [1.82, 2.24) is 52.7 Å². The minimum absolute atomic E-state index is 0.207. The summed E-state index contributed by atoms with van der Waals surface area (Å²) in [5.41, 5.74) is 11.7. The van der Waals surface area contributed by atoms with Crippen molar-refractivity contribution in [2.75, 3.05) is 14.2 Å². The van der Waals surface area contributed by atoms with Gasteiger partial charge in [0.1, 0.15) is 17.0 Å². The van der Waals surface area contributed by atoms with E-state index in [-0.39, 0.29) is 17.2 Å². The first-order valence-electron chi connectivity index (χ1n) is 29.8. The van der Waals surface area contributed by atoms with Crippen LogP contribution in [0.2, 0.25) is 19.6 Å². The predicted octanol–water partition coefficient (Wildman–Crippen LogP) is 20.9. The van der Waals surface area contributed by atoms with E-state index >= 15 is 0 Å². The lowest BCUT2D eigenvalue weighted by Crippen LogP contribution is -2.40. The van der Waals surface area contributed by atoms with Gasteiger partial charge in [0, 0.05) is 47.4 Å². The predicted molar refractivity (Wildman–Crippen MR) is 362 cm³/mol. The molecule has 6 heterocycles. The van der Waals surface area contributed by atoms with Gasteiger partial charge in [-0.3, -0.25) is 9.51 Å². The molecule has 0 aliphatic heterocycles. The Morgan fingerprint density at radius 1 is 0.415 bits per heavy atom. The molecule has 0 atom stereocenters. The first-order chi connectivity index (χ1) is 43.5. The fourth-order valence-corrected chi connectivity index (χ4v) is 11.7. The highest BCUT2D eigenvalue weighted by molar-refractivity contribution is 8.45. The van der Waals surface area contributed by atoms with Crippen LogP contribution in [0.5, 0.6) is 17.2 Å². The Kier molecular flexibility index (Phi) is 25.1. The summed E-state index contributed by atoms with van der Waals surface area (Å²) < 4.78 is 138. The van der Waals surface area contributed by atoms with Crippen LogP contribution in [-0.4, -0.2) is 75.0 Å². The fourth-order valence-electron chi connectivity index (χ4n) is 9.18. The molecule has 6 aromatic heterocycles. The van der Waals surface area contributed by atoms with Gasteiger partial charge in [-0.2, -0.15) is 0 Å². The second-order valence-electron chi connectivity index (χ2n) is 24.6. The molecule has 4 aromatic carbocycles. The normalized spacial score (nSPS) is 12.4. The molecule has 0 saturated heterocycles. The van der Waals surface area contributed by atoms with Gasteiger partial charge in [0.25, 0.3) is 0 Å². The van der Waals surface area contributed by atoms with Gasteiger partial charge < -0.3 is 27.7 Å². The van der Waals surface area contributed by atoms with E-state index in [4.69, 9.17) is 9.47 Å². The SMILES string of the molecule is COc1cc(C(C)C)ccc1-n1cnc(C)c1.COc1cc(C(C)C)cnc1-n1cnc(C)c1.Cc1ccc(-n2cnc(C)c2)c([Si](C)(C)C)c1.Cc1cn(-c2ccc(C(C)C)cc2OF)cn1.Cc1cn(-c2ccc(C(C)C)cc2S(F)(F)(F)(F)F)cn1.FS(F)(F)F. The number of hydrogen-bond donors (Lipinski definition) is 0. The Hall–Kier alpha value is -8.30. The second kappa shape index (κ2) is 30.8. The molecule has 10 aromatic rings. The molecule has 10 rings (SSSR count). The van der Waals surface area contributed by atoms with Gasteiger partial charge in [0.15, 0.2) is 17.3 Å². The van der Waals surface area contributed by atoms with Gasteiger partial charge in [0.05, 0.1) is 93.1 Å². The largest absolute Gasteiger partial charge is 0.495 e. The number of rotatable bonds is 14. The summed E-state index contributed by atoms with van der Waals surface area (Å²) in [6.07, 6.45) is 19.2. The highest BCUT2D eigenvalue weighted by Crippen LogP contribution is 3.02. The zero-order chi connectivity index (χ0) is 70.5. The lowest BCUT2D eigenvalue weighted by molar-refractivity contribution is -0.00631. The number of methoxy groups -OCH3 is 2. The average molecular weight is 1370 g/mol. The van der Waals surface area contributed by atoms with Crippen LogP contribution >= 0.6 is 21.8 Å². The van der Waals surface area contributed by atoms with Crippen molar-refractivity contribution in [3.05, 3.63) is 204 Å². The molecule has 0 fully saturated rings. The van der Waals surface area contributed by atoms with Crippen molar-refractivity contribution in [3.63, 3.8) is 0 Å². The molecule has 0 saturated carbocycles. The molecule has 0 radical (unpaired) electrons. The number of hydrogen-bond acceptors (Lipinski definition) is 9. The van der Waals surface area contributed by atoms with E-state index in [2.05, 4.69) is 150 Å². The van der Waals surface area contributed by atoms with Crippen molar-refractivity contribution in [2.24, 2.45) is 0 Å². The summed E-state index contributed by atoms with van der Waals surface area (Å²) in [7, 11) is -7.77. The number of halogens is 10. The number of nitrogens with zero attached hydrogens (tertiary/aromatic N) is 11. The van der Waals surface area contributed by atoms with E-state index in [1.54, 1.807) is 58.3 Å². The molecule has 0 bridgehead atoms. The van der Waals surface area contributed by atoms with Crippen LogP contribution in [0.3, 0.4) is 0 Å². The Balaban J connectivity index is 0.000000209. The molecule has 512 valence electrons. The van der Waals surface area contributed by atoms with Crippen molar-refractivity contribution in [3.8, 4) is 45.8 Å². The summed E-state index contributed by atoms with van der Waals surface area (Å²) in [5, 5.41) is 1.50. The van der Waals surface area contributed by atoms with Crippen LogP contribution in [0, 0.1) is 41.5 Å². The van der Waals surface area contributed by atoms with Crippen molar-refractivity contribution in [2.45, 2.75) is 145 Å². The molecule has 14 nitrogen and oxygen atoms in total. The molecule has 0 amide bonds. The topological polar surface area (TPSA) is 130 Å². The maximum atomic E-state index is 13.3. The van der Waals surface area contributed by atoms with E-state index in [9.17, 15) is 39.5 Å². The lowest BCUT2D eigenvalue weighted by atomic mass is 10.0. The summed E-state index contributed by atoms with van der Waals surface area (Å²) in [4.78, 5) is 27.2. The van der Waals surface area contributed by atoms with Crippen LogP contribution in [0.4, 0.5) is 39.5 Å². The Morgan fingerprint density at radius 3 is 1.10 bits per heavy atom. The van der Waals surface area contributed by atoms with Crippen LogP contribution < -0.4 is 19.6 Å². The third-order valence-corrected chi connectivity index (χ3v) is 17.5. The number of aryl methyl sites for hydroxylation is 6. The lowest BCUT2D eigenvalue weighted by Gasteiger charge is -2.42. The van der Waals surface area contributed by atoms with E-state index < -0.39 is 40.5 Å². The Bertz CT molecular complexity index is 3860. The van der Waals surface area contributed by atoms with Crippen LogP contribution in [-0.2, 0) is 0 Å². The maximum absolute atomic E-state index is 13.3. The van der Waals surface area contributed by atoms with Gasteiger partial charge in [0.2, 0.25) is 0 Å². The van der Waals surface area contributed by atoms with Gasteiger partial charge in [-0.1, -0.05) is 146 Å². The summed E-state index contributed by atoms with van der Waals surface area (Å²) >= 11 is -6.17. The zero-order valence-electron chi connectivity index (χ0n) is 56.4. The molecule has 0 aliphatic rings. The minimum atomic E-state index is -9.80. The molecule has 0 aliphatic carbocycles. The summed E-state index contributed by atoms with van der Waals surface area (Å²) in [6.45, 7) is 34.7. The molecular weight excluding hydrogens is 1290 g/mol. The monoisotopic (exact) mass is 1370 g/mol. The number of imidazole rings is 5. The summed E-state index contributed by atoms with van der Waals surface area (Å²) in [5.74, 6) is 3.63. The Morgan fingerprint density at radius 2 is 0.745 bits per heavy atom. The zero-order valence-corrected chi connectivity index (χ0v) is 59.0. The van der Waals surface area contributed by atoms with Crippen LogP contribution in [0.1, 0.15) is 135 Å². The average Bonchev–Trinajstić information content (AvgIpc) is 0.824. The molecule has 0 unspecified atom stereocenters. The molecule has 0 N–H and O–H groups in total. The smallest absolute Gasteiger partial charge is 0.379 e. The van der Waals surface area contributed by atoms with Crippen molar-refractivity contribution < 1.29 is 53.9 Å². The fraction of sp³-hybridized carbons (Fsp3) is 0.343. The van der Waals surface area contributed by atoms with E-state index in [1.165, 1.54) is 39.8 Å². The third-order valence-electron chi connectivity index (χ3n) is 14.3. The van der Waals surface area contributed by atoms with E-state index in [0.29, 0.717) is 35.2 Å². The number of pyridine rings is 1. The van der Waals surface area contributed by atoms with Crippen molar-refractivity contribution >= 4 is 35.1 Å².